The minimum absolute atomic E-state index is 0.182. The van der Waals surface area contributed by atoms with Crippen LogP contribution in [0.3, 0.4) is 0 Å². The number of halogens is 4. The Morgan fingerprint density at radius 2 is 2.00 bits per heavy atom. The van der Waals surface area contributed by atoms with Crippen LogP contribution in [0.5, 0.6) is 0 Å². The van der Waals surface area contributed by atoms with Gasteiger partial charge in [-0.25, -0.2) is 9.37 Å². The molecule has 1 aromatic carbocycles. The number of hydrogen-bond donors (Lipinski definition) is 1. The highest BCUT2D eigenvalue weighted by atomic mass is 35.5. The maximum absolute atomic E-state index is 13.4. The van der Waals surface area contributed by atoms with E-state index in [4.69, 9.17) is 34.8 Å². The Bertz CT molecular complexity index is 611. The van der Waals surface area contributed by atoms with Crippen molar-refractivity contribution in [1.29, 1.82) is 0 Å². The van der Waals surface area contributed by atoms with Crippen LogP contribution in [0.1, 0.15) is 5.56 Å². The number of aromatic nitrogens is 1. The first-order valence-corrected chi connectivity index (χ1v) is 6.25. The van der Waals surface area contributed by atoms with Gasteiger partial charge in [0.05, 0.1) is 21.3 Å². The molecule has 0 bridgehead atoms. The first-order valence-electron chi connectivity index (χ1n) is 5.12. The lowest BCUT2D eigenvalue weighted by Crippen LogP contribution is -1.96. The Labute approximate surface area is 124 Å². The van der Waals surface area contributed by atoms with Gasteiger partial charge in [-0.3, -0.25) is 5.43 Å². The topological polar surface area (TPSA) is 37.3 Å². The summed E-state index contributed by atoms with van der Waals surface area (Å²) in [7, 11) is 0. The van der Waals surface area contributed by atoms with E-state index in [0.717, 1.165) is 0 Å². The lowest BCUT2D eigenvalue weighted by atomic mass is 10.2. The maximum atomic E-state index is 13.4. The summed E-state index contributed by atoms with van der Waals surface area (Å²) in [5.41, 5.74) is 2.77. The van der Waals surface area contributed by atoms with Crippen molar-refractivity contribution in [2.75, 3.05) is 5.43 Å². The summed E-state index contributed by atoms with van der Waals surface area (Å²) in [4.78, 5) is 3.94. The smallest absolute Gasteiger partial charge is 0.165 e. The molecule has 2 rings (SSSR count). The van der Waals surface area contributed by atoms with Gasteiger partial charge in [0.2, 0.25) is 0 Å². The highest BCUT2D eigenvalue weighted by Crippen LogP contribution is 2.22. The zero-order valence-electron chi connectivity index (χ0n) is 9.37. The Morgan fingerprint density at radius 3 is 2.68 bits per heavy atom. The summed E-state index contributed by atoms with van der Waals surface area (Å²) in [6.45, 7) is 0. The number of pyridine rings is 1. The van der Waals surface area contributed by atoms with Crippen molar-refractivity contribution >= 4 is 46.8 Å². The van der Waals surface area contributed by atoms with Gasteiger partial charge in [-0.05, 0) is 18.2 Å². The monoisotopic (exact) mass is 317 g/mol. The van der Waals surface area contributed by atoms with E-state index < -0.39 is 5.82 Å². The molecule has 0 unspecified atom stereocenters. The zero-order chi connectivity index (χ0) is 13.8. The van der Waals surface area contributed by atoms with E-state index in [2.05, 4.69) is 15.5 Å². The average molecular weight is 319 g/mol. The molecule has 2 aromatic rings. The van der Waals surface area contributed by atoms with Gasteiger partial charge in [0.25, 0.3) is 0 Å². The van der Waals surface area contributed by atoms with Crippen LogP contribution in [0.25, 0.3) is 0 Å². The van der Waals surface area contributed by atoms with E-state index >= 15 is 0 Å². The summed E-state index contributed by atoms with van der Waals surface area (Å²) < 4.78 is 13.4. The third-order valence-corrected chi connectivity index (χ3v) is 3.00. The number of anilines is 1. The van der Waals surface area contributed by atoms with Gasteiger partial charge in [-0.2, -0.15) is 5.10 Å². The van der Waals surface area contributed by atoms with Gasteiger partial charge < -0.3 is 0 Å². The van der Waals surface area contributed by atoms with Crippen LogP contribution >= 0.6 is 34.8 Å². The number of rotatable bonds is 3. The Hall–Kier alpha value is -1.36. The third kappa shape index (κ3) is 3.56. The highest BCUT2D eigenvalue weighted by molar-refractivity contribution is 6.36. The van der Waals surface area contributed by atoms with Crippen molar-refractivity contribution in [1.82, 2.24) is 4.98 Å². The molecule has 0 saturated heterocycles. The minimum Gasteiger partial charge on any atom is -0.260 e. The number of hydrazone groups is 1. The lowest BCUT2D eigenvalue weighted by molar-refractivity contribution is 0.626. The van der Waals surface area contributed by atoms with Crippen LogP contribution < -0.4 is 5.43 Å². The Morgan fingerprint density at radius 1 is 1.21 bits per heavy atom. The summed E-state index contributed by atoms with van der Waals surface area (Å²) in [6, 6.07) is 5.89. The van der Waals surface area contributed by atoms with Crippen molar-refractivity contribution in [3.05, 3.63) is 56.9 Å². The van der Waals surface area contributed by atoms with Crippen LogP contribution in [0.15, 0.2) is 35.6 Å². The fourth-order valence-electron chi connectivity index (χ4n) is 1.29. The largest absolute Gasteiger partial charge is 0.260 e. The van der Waals surface area contributed by atoms with Crippen LogP contribution in [0.2, 0.25) is 15.1 Å². The van der Waals surface area contributed by atoms with Crippen LogP contribution in [-0.4, -0.2) is 11.2 Å². The van der Waals surface area contributed by atoms with Gasteiger partial charge >= 0.3 is 0 Å². The molecule has 0 amide bonds. The second kappa shape index (κ2) is 6.19. The van der Waals surface area contributed by atoms with Crippen molar-refractivity contribution in [2.45, 2.75) is 0 Å². The maximum Gasteiger partial charge on any atom is 0.165 e. The Balaban J connectivity index is 2.16. The van der Waals surface area contributed by atoms with Crippen molar-refractivity contribution < 1.29 is 4.39 Å². The molecular formula is C12H7Cl3FN3. The van der Waals surface area contributed by atoms with E-state index in [0.29, 0.717) is 15.9 Å². The second-order valence-corrected chi connectivity index (χ2v) is 4.74. The molecule has 0 spiro atoms. The van der Waals surface area contributed by atoms with E-state index in [9.17, 15) is 4.39 Å². The molecule has 0 aliphatic heterocycles. The summed E-state index contributed by atoms with van der Waals surface area (Å²) >= 11 is 17.4. The SMILES string of the molecule is Fc1cccc(Cl)c1/C=N/Nc1ncc(Cl)cc1Cl. The molecular weight excluding hydrogens is 312 g/mol. The highest BCUT2D eigenvalue weighted by Gasteiger charge is 2.04. The molecule has 0 saturated carbocycles. The molecule has 19 heavy (non-hydrogen) atoms. The number of nitrogens with zero attached hydrogens (tertiary/aromatic N) is 2. The minimum atomic E-state index is -0.465. The van der Waals surface area contributed by atoms with Crippen LogP contribution in [-0.2, 0) is 0 Å². The van der Waals surface area contributed by atoms with Gasteiger partial charge in [0.15, 0.2) is 5.82 Å². The molecule has 1 N–H and O–H groups in total. The van der Waals surface area contributed by atoms with E-state index in [1.54, 1.807) is 6.07 Å². The van der Waals surface area contributed by atoms with Crippen molar-refractivity contribution in [3.8, 4) is 0 Å². The quantitative estimate of drug-likeness (QED) is 0.662. The fourth-order valence-corrected chi connectivity index (χ4v) is 1.92. The number of nitrogens with one attached hydrogen (secondary N) is 1. The van der Waals surface area contributed by atoms with E-state index in [1.807, 2.05) is 0 Å². The average Bonchev–Trinajstić information content (AvgIpc) is 2.35. The van der Waals surface area contributed by atoms with E-state index in [-0.39, 0.29) is 10.6 Å². The first kappa shape index (κ1) is 14.1. The van der Waals surface area contributed by atoms with E-state index in [1.165, 1.54) is 30.6 Å². The van der Waals surface area contributed by atoms with Crippen LogP contribution in [0, 0.1) is 5.82 Å². The molecule has 7 heteroatoms. The summed E-state index contributed by atoms with van der Waals surface area (Å²) in [5, 5.41) is 4.82. The van der Waals surface area contributed by atoms with Gasteiger partial charge in [-0.15, -0.1) is 0 Å². The predicted molar refractivity (Wildman–Crippen MR) is 76.9 cm³/mol. The molecule has 0 fully saturated rings. The van der Waals surface area contributed by atoms with Gasteiger partial charge in [-0.1, -0.05) is 40.9 Å². The van der Waals surface area contributed by atoms with Gasteiger partial charge in [0, 0.05) is 11.8 Å². The molecule has 1 aromatic heterocycles. The molecule has 0 radical (unpaired) electrons. The summed E-state index contributed by atoms with van der Waals surface area (Å²) in [5.74, 6) is -0.150. The second-order valence-electron chi connectivity index (χ2n) is 3.49. The third-order valence-electron chi connectivity index (χ3n) is 2.17. The number of hydrogen-bond acceptors (Lipinski definition) is 3. The summed E-state index contributed by atoms with van der Waals surface area (Å²) in [6.07, 6.45) is 2.67. The lowest BCUT2D eigenvalue weighted by Gasteiger charge is -2.03. The molecule has 1 heterocycles. The molecule has 98 valence electrons. The fraction of sp³-hybridized carbons (Fsp3) is 0. The van der Waals surface area contributed by atoms with Gasteiger partial charge in [0.1, 0.15) is 5.82 Å². The van der Waals surface area contributed by atoms with Crippen molar-refractivity contribution in [2.24, 2.45) is 5.10 Å². The number of benzene rings is 1. The zero-order valence-corrected chi connectivity index (χ0v) is 11.6. The Kier molecular flexibility index (Phi) is 4.58. The normalized spacial score (nSPS) is 10.9. The van der Waals surface area contributed by atoms with Crippen molar-refractivity contribution in [3.63, 3.8) is 0 Å². The van der Waals surface area contributed by atoms with Crippen LogP contribution in [0.4, 0.5) is 10.2 Å². The molecule has 0 atom stereocenters. The standard InChI is InChI=1S/C12H7Cl3FN3/c13-7-4-10(15)12(17-5-7)19-18-6-8-9(14)2-1-3-11(8)16/h1-6H,(H,17,19)/b18-6+. The first-order chi connectivity index (χ1) is 9.08. The molecule has 3 nitrogen and oxygen atoms in total. The molecule has 0 aliphatic carbocycles. The molecule has 0 aliphatic rings. The predicted octanol–water partition coefficient (Wildman–Crippen LogP) is 4.63.